The summed E-state index contributed by atoms with van der Waals surface area (Å²) in [5, 5.41) is 1.31. The molecular weight excluding hydrogens is 310 g/mol. The number of pyridine rings is 1. The van der Waals surface area contributed by atoms with E-state index in [1.807, 2.05) is 24.5 Å². The fraction of sp³-hybridized carbons (Fsp3) is 0.200. The van der Waals surface area contributed by atoms with Crippen molar-refractivity contribution in [1.82, 2.24) is 24.8 Å². The summed E-state index contributed by atoms with van der Waals surface area (Å²) in [6.07, 6.45) is 8.58. The molecule has 5 nitrogen and oxygen atoms in total. The Balaban J connectivity index is 1.49. The van der Waals surface area contributed by atoms with E-state index in [9.17, 15) is 0 Å². The van der Waals surface area contributed by atoms with Crippen molar-refractivity contribution in [2.24, 2.45) is 0 Å². The molecule has 0 spiro atoms. The first-order valence-electron chi connectivity index (χ1n) is 8.53. The topological polar surface area (TPSA) is 60.6 Å². The van der Waals surface area contributed by atoms with Crippen LogP contribution in [0.25, 0.3) is 10.9 Å². The first kappa shape index (κ1) is 15.6. The number of nitrogens with one attached hydrogen (secondary N) is 2. The van der Waals surface area contributed by atoms with Crippen molar-refractivity contribution < 1.29 is 0 Å². The summed E-state index contributed by atoms with van der Waals surface area (Å²) in [6.45, 7) is 2.61. The second kappa shape index (κ2) is 7.32. The number of aromatic nitrogens is 4. The average molecular weight is 331 g/mol. The Bertz CT molecular complexity index is 912. The van der Waals surface area contributed by atoms with Gasteiger partial charge in [0.25, 0.3) is 0 Å². The van der Waals surface area contributed by atoms with E-state index in [1.165, 1.54) is 16.5 Å². The van der Waals surface area contributed by atoms with Gasteiger partial charge in [-0.15, -0.1) is 0 Å². The Morgan fingerprint density at radius 3 is 2.72 bits per heavy atom. The molecule has 0 radical (unpaired) electrons. The van der Waals surface area contributed by atoms with Crippen LogP contribution >= 0.6 is 0 Å². The molecule has 5 heteroatoms. The van der Waals surface area contributed by atoms with Crippen LogP contribution in [0.3, 0.4) is 0 Å². The zero-order valence-corrected chi connectivity index (χ0v) is 14.0. The average Bonchev–Trinajstić information content (AvgIpc) is 3.30. The number of imidazole rings is 1. The molecule has 126 valence electrons. The third kappa shape index (κ3) is 3.78. The SMILES string of the molecule is c1ccc(CN(CCc2c[nH]c3ccccc23)Cc2cnc[nH]2)nc1. The molecule has 4 aromatic rings. The lowest BCUT2D eigenvalue weighted by atomic mass is 10.1. The zero-order chi connectivity index (χ0) is 16.9. The number of para-hydroxylation sites is 1. The van der Waals surface area contributed by atoms with Crippen LogP contribution in [0.5, 0.6) is 0 Å². The summed E-state index contributed by atoms with van der Waals surface area (Å²) in [5.74, 6) is 0. The zero-order valence-electron chi connectivity index (χ0n) is 14.0. The van der Waals surface area contributed by atoms with Crippen LogP contribution in [-0.4, -0.2) is 31.4 Å². The van der Waals surface area contributed by atoms with E-state index < -0.39 is 0 Å². The third-order valence-corrected chi connectivity index (χ3v) is 4.43. The maximum Gasteiger partial charge on any atom is 0.0922 e. The van der Waals surface area contributed by atoms with Crippen LogP contribution in [0.1, 0.15) is 17.0 Å². The molecule has 0 amide bonds. The van der Waals surface area contributed by atoms with Gasteiger partial charge in [-0.25, -0.2) is 4.98 Å². The van der Waals surface area contributed by atoms with Gasteiger partial charge in [0.2, 0.25) is 0 Å². The normalized spacial score (nSPS) is 11.4. The summed E-state index contributed by atoms with van der Waals surface area (Å²) < 4.78 is 0. The molecule has 3 heterocycles. The largest absolute Gasteiger partial charge is 0.361 e. The van der Waals surface area contributed by atoms with Crippen molar-refractivity contribution in [3.8, 4) is 0 Å². The standard InChI is InChI=1S/C20H21N5/c1-2-7-20-19(6-1)16(11-23-20)8-10-25(14-18-12-21-15-24-18)13-17-5-3-4-9-22-17/h1-7,9,11-12,15,23H,8,10,13-14H2,(H,21,24). The molecule has 2 N–H and O–H groups in total. The minimum atomic E-state index is 0.822. The number of H-pyrrole nitrogens is 2. The van der Waals surface area contributed by atoms with Crippen LogP contribution in [0.15, 0.2) is 67.4 Å². The monoisotopic (exact) mass is 331 g/mol. The molecule has 0 aliphatic heterocycles. The molecule has 0 fully saturated rings. The Kier molecular flexibility index (Phi) is 4.57. The van der Waals surface area contributed by atoms with E-state index >= 15 is 0 Å². The van der Waals surface area contributed by atoms with E-state index in [4.69, 9.17) is 0 Å². The molecule has 0 saturated heterocycles. The summed E-state index contributed by atoms with van der Waals surface area (Å²) in [6, 6.07) is 14.5. The van der Waals surface area contributed by atoms with E-state index in [0.717, 1.165) is 37.4 Å². The maximum absolute atomic E-state index is 4.47. The lowest BCUT2D eigenvalue weighted by Gasteiger charge is -2.21. The van der Waals surface area contributed by atoms with Crippen molar-refractivity contribution in [2.45, 2.75) is 19.5 Å². The van der Waals surface area contributed by atoms with Gasteiger partial charge >= 0.3 is 0 Å². The van der Waals surface area contributed by atoms with E-state index in [2.05, 4.69) is 61.4 Å². The Labute approximate surface area is 146 Å². The van der Waals surface area contributed by atoms with Crippen molar-refractivity contribution in [3.05, 3.63) is 84.3 Å². The Hall–Kier alpha value is -2.92. The van der Waals surface area contributed by atoms with E-state index in [1.54, 1.807) is 6.33 Å². The van der Waals surface area contributed by atoms with Gasteiger partial charge < -0.3 is 9.97 Å². The molecule has 0 aliphatic carbocycles. The van der Waals surface area contributed by atoms with Crippen molar-refractivity contribution in [3.63, 3.8) is 0 Å². The van der Waals surface area contributed by atoms with Crippen molar-refractivity contribution >= 4 is 10.9 Å². The lowest BCUT2D eigenvalue weighted by Crippen LogP contribution is -2.26. The van der Waals surface area contributed by atoms with E-state index in [0.29, 0.717) is 0 Å². The second-order valence-corrected chi connectivity index (χ2v) is 6.22. The highest BCUT2D eigenvalue weighted by Crippen LogP contribution is 2.19. The molecule has 1 aromatic carbocycles. The predicted octanol–water partition coefficient (Wildman–Crippen LogP) is 3.53. The number of fused-ring (bicyclic) bond motifs is 1. The Morgan fingerprint density at radius 1 is 0.960 bits per heavy atom. The van der Waals surface area contributed by atoms with E-state index in [-0.39, 0.29) is 0 Å². The number of rotatable bonds is 7. The van der Waals surface area contributed by atoms with Gasteiger partial charge in [0.05, 0.1) is 12.0 Å². The lowest BCUT2D eigenvalue weighted by molar-refractivity contribution is 0.254. The summed E-state index contributed by atoms with van der Waals surface area (Å²) in [5.41, 5.74) is 4.75. The minimum absolute atomic E-state index is 0.822. The minimum Gasteiger partial charge on any atom is -0.361 e. The first-order chi connectivity index (χ1) is 12.4. The number of hydrogen-bond donors (Lipinski definition) is 2. The Morgan fingerprint density at radius 2 is 1.88 bits per heavy atom. The highest BCUT2D eigenvalue weighted by atomic mass is 15.1. The smallest absolute Gasteiger partial charge is 0.0922 e. The van der Waals surface area contributed by atoms with Gasteiger partial charge in [-0.3, -0.25) is 9.88 Å². The molecule has 3 aromatic heterocycles. The van der Waals surface area contributed by atoms with Gasteiger partial charge in [-0.05, 0) is 30.2 Å². The van der Waals surface area contributed by atoms with Gasteiger partial charge in [0.1, 0.15) is 0 Å². The number of benzene rings is 1. The number of nitrogens with zero attached hydrogens (tertiary/aromatic N) is 3. The number of aromatic amines is 2. The van der Waals surface area contributed by atoms with Crippen molar-refractivity contribution in [2.75, 3.05) is 6.54 Å². The molecule has 0 aliphatic rings. The summed E-state index contributed by atoms with van der Waals surface area (Å²) in [7, 11) is 0. The molecule has 25 heavy (non-hydrogen) atoms. The summed E-state index contributed by atoms with van der Waals surface area (Å²) in [4.78, 5) is 17.6. The maximum atomic E-state index is 4.47. The predicted molar refractivity (Wildman–Crippen MR) is 98.9 cm³/mol. The molecule has 4 rings (SSSR count). The van der Waals surface area contributed by atoms with Crippen LogP contribution in [0, 0.1) is 0 Å². The van der Waals surface area contributed by atoms with Crippen LogP contribution in [0.2, 0.25) is 0 Å². The quantitative estimate of drug-likeness (QED) is 0.544. The third-order valence-electron chi connectivity index (χ3n) is 4.43. The first-order valence-corrected chi connectivity index (χ1v) is 8.53. The highest BCUT2D eigenvalue weighted by molar-refractivity contribution is 5.83. The second-order valence-electron chi connectivity index (χ2n) is 6.22. The fourth-order valence-corrected chi connectivity index (χ4v) is 3.16. The number of hydrogen-bond acceptors (Lipinski definition) is 3. The molecule has 0 bridgehead atoms. The fourth-order valence-electron chi connectivity index (χ4n) is 3.16. The highest BCUT2D eigenvalue weighted by Gasteiger charge is 2.11. The molecule has 0 unspecified atom stereocenters. The molecule has 0 saturated carbocycles. The summed E-state index contributed by atoms with van der Waals surface area (Å²) >= 11 is 0. The van der Waals surface area contributed by atoms with Gasteiger partial charge in [-0.2, -0.15) is 0 Å². The van der Waals surface area contributed by atoms with Crippen LogP contribution in [-0.2, 0) is 19.5 Å². The van der Waals surface area contributed by atoms with Gasteiger partial charge in [0.15, 0.2) is 0 Å². The van der Waals surface area contributed by atoms with Crippen LogP contribution < -0.4 is 0 Å². The molecule has 0 atom stereocenters. The van der Waals surface area contributed by atoms with Gasteiger partial charge in [0, 0.05) is 54.8 Å². The van der Waals surface area contributed by atoms with Crippen LogP contribution in [0.4, 0.5) is 0 Å². The van der Waals surface area contributed by atoms with Gasteiger partial charge in [-0.1, -0.05) is 24.3 Å². The molecular formula is C20H21N5. The van der Waals surface area contributed by atoms with Crippen molar-refractivity contribution in [1.29, 1.82) is 0 Å².